The van der Waals surface area contributed by atoms with E-state index in [0.717, 1.165) is 17.1 Å². The van der Waals surface area contributed by atoms with Crippen molar-refractivity contribution >= 4 is 21.5 Å². The Kier molecular flexibility index (Phi) is 4.53. The van der Waals surface area contributed by atoms with Gasteiger partial charge >= 0.3 is 0 Å². The molecule has 0 spiro atoms. The SMILES string of the molecule is COc1ccc2c(c1)Oc1ccccc1N=C2N1CCN(S(C)(=O)=O)CC1. The molecule has 0 N–H and O–H groups in total. The Hall–Kier alpha value is -2.58. The predicted octanol–water partition coefficient (Wildman–Crippen LogP) is 2.46. The highest BCUT2D eigenvalue weighted by atomic mass is 32.2. The number of nitrogens with zero attached hydrogens (tertiary/aromatic N) is 3. The summed E-state index contributed by atoms with van der Waals surface area (Å²) >= 11 is 0. The van der Waals surface area contributed by atoms with Gasteiger partial charge in [-0.05, 0) is 24.3 Å². The van der Waals surface area contributed by atoms with Crippen molar-refractivity contribution in [3.8, 4) is 17.2 Å². The standard InChI is InChI=1S/C19H21N3O4S/c1-25-14-7-8-15-18(13-14)26-17-6-4-3-5-16(17)20-19(15)21-9-11-22(12-10-21)27(2,23)24/h3-8,13H,9-12H2,1-2H3. The Morgan fingerprint density at radius 3 is 2.48 bits per heavy atom. The van der Waals surface area contributed by atoms with Crippen molar-refractivity contribution < 1.29 is 17.9 Å². The molecule has 0 radical (unpaired) electrons. The fourth-order valence-electron chi connectivity index (χ4n) is 3.30. The normalized spacial score (nSPS) is 17.3. The van der Waals surface area contributed by atoms with E-state index >= 15 is 0 Å². The van der Waals surface area contributed by atoms with Crippen molar-refractivity contribution in [2.45, 2.75) is 0 Å². The van der Waals surface area contributed by atoms with Crippen LogP contribution in [-0.4, -0.2) is 63.0 Å². The van der Waals surface area contributed by atoms with Gasteiger partial charge < -0.3 is 14.4 Å². The average molecular weight is 387 g/mol. The smallest absolute Gasteiger partial charge is 0.211 e. The number of rotatable bonds is 2. The number of aliphatic imine (C=N–C) groups is 1. The topological polar surface area (TPSA) is 71.4 Å². The zero-order valence-corrected chi connectivity index (χ0v) is 16.1. The van der Waals surface area contributed by atoms with Crippen molar-refractivity contribution in [1.29, 1.82) is 0 Å². The lowest BCUT2D eigenvalue weighted by molar-refractivity contribution is 0.267. The zero-order valence-electron chi connectivity index (χ0n) is 15.3. The third-order valence-corrected chi connectivity index (χ3v) is 6.05. The number of amidine groups is 1. The van der Waals surface area contributed by atoms with Crippen LogP contribution in [0.4, 0.5) is 5.69 Å². The molecule has 0 amide bonds. The summed E-state index contributed by atoms with van der Waals surface area (Å²) in [7, 11) is -1.56. The van der Waals surface area contributed by atoms with Crippen LogP contribution in [0.25, 0.3) is 0 Å². The minimum Gasteiger partial charge on any atom is -0.497 e. The van der Waals surface area contributed by atoms with Crippen LogP contribution in [0.3, 0.4) is 0 Å². The van der Waals surface area contributed by atoms with Gasteiger partial charge in [0.05, 0.1) is 18.9 Å². The molecule has 2 heterocycles. The Balaban J connectivity index is 1.74. The molecule has 2 aliphatic rings. The zero-order chi connectivity index (χ0) is 19.0. The molecule has 2 aliphatic heterocycles. The number of benzene rings is 2. The highest BCUT2D eigenvalue weighted by Gasteiger charge is 2.28. The quantitative estimate of drug-likeness (QED) is 0.792. The van der Waals surface area contributed by atoms with Crippen molar-refractivity contribution in [1.82, 2.24) is 9.21 Å². The van der Waals surface area contributed by atoms with Crippen molar-refractivity contribution in [3.05, 3.63) is 48.0 Å². The fraction of sp³-hybridized carbons (Fsp3) is 0.316. The number of sulfonamides is 1. The number of para-hydroxylation sites is 2. The van der Waals surface area contributed by atoms with Gasteiger partial charge in [0.15, 0.2) is 5.75 Å². The first-order chi connectivity index (χ1) is 13.0. The summed E-state index contributed by atoms with van der Waals surface area (Å²) in [6.45, 7) is 2.01. The van der Waals surface area contributed by atoms with E-state index in [1.165, 1.54) is 10.6 Å². The summed E-state index contributed by atoms with van der Waals surface area (Å²) in [6.07, 6.45) is 1.25. The van der Waals surface area contributed by atoms with E-state index in [4.69, 9.17) is 14.5 Å². The van der Waals surface area contributed by atoms with Crippen molar-refractivity contribution in [3.63, 3.8) is 0 Å². The molecule has 0 saturated carbocycles. The summed E-state index contributed by atoms with van der Waals surface area (Å²) in [5.74, 6) is 2.83. The van der Waals surface area contributed by atoms with Gasteiger partial charge in [-0.25, -0.2) is 13.4 Å². The number of methoxy groups -OCH3 is 1. The van der Waals surface area contributed by atoms with Crippen molar-refractivity contribution in [2.75, 3.05) is 39.5 Å². The lowest BCUT2D eigenvalue weighted by Crippen LogP contribution is -2.50. The molecule has 0 atom stereocenters. The second-order valence-corrected chi connectivity index (χ2v) is 8.50. The van der Waals surface area contributed by atoms with Gasteiger partial charge in [-0.2, -0.15) is 4.31 Å². The Morgan fingerprint density at radius 1 is 1.04 bits per heavy atom. The van der Waals surface area contributed by atoms with E-state index in [0.29, 0.717) is 43.4 Å². The number of hydrogen-bond acceptors (Lipinski definition) is 6. The van der Waals surface area contributed by atoms with E-state index in [1.54, 1.807) is 7.11 Å². The second-order valence-electron chi connectivity index (χ2n) is 6.52. The third kappa shape index (κ3) is 3.50. The second kappa shape index (κ2) is 6.86. The van der Waals surface area contributed by atoms with E-state index in [9.17, 15) is 8.42 Å². The molecule has 4 rings (SSSR count). The third-order valence-electron chi connectivity index (χ3n) is 4.75. The Labute approximate surface area is 158 Å². The van der Waals surface area contributed by atoms with Crippen LogP contribution in [0.5, 0.6) is 17.2 Å². The minimum atomic E-state index is -3.18. The van der Waals surface area contributed by atoms with Crippen LogP contribution in [0.1, 0.15) is 5.56 Å². The van der Waals surface area contributed by atoms with Gasteiger partial charge in [-0.1, -0.05) is 12.1 Å². The fourth-order valence-corrected chi connectivity index (χ4v) is 4.13. The molecule has 0 unspecified atom stereocenters. The average Bonchev–Trinajstić information content (AvgIpc) is 2.83. The van der Waals surface area contributed by atoms with Gasteiger partial charge in [0, 0.05) is 32.2 Å². The van der Waals surface area contributed by atoms with Crippen molar-refractivity contribution in [2.24, 2.45) is 4.99 Å². The van der Waals surface area contributed by atoms with E-state index in [-0.39, 0.29) is 0 Å². The summed E-state index contributed by atoms with van der Waals surface area (Å²) in [5.41, 5.74) is 1.60. The van der Waals surface area contributed by atoms with Crippen LogP contribution in [0.2, 0.25) is 0 Å². The highest BCUT2D eigenvalue weighted by Crippen LogP contribution is 2.39. The molecular formula is C19H21N3O4S. The van der Waals surface area contributed by atoms with Crippen LogP contribution in [-0.2, 0) is 10.0 Å². The Morgan fingerprint density at radius 2 is 1.78 bits per heavy atom. The van der Waals surface area contributed by atoms with Gasteiger partial charge in [0.25, 0.3) is 0 Å². The van der Waals surface area contributed by atoms with Crippen LogP contribution < -0.4 is 9.47 Å². The van der Waals surface area contributed by atoms with E-state index in [1.807, 2.05) is 42.5 Å². The highest BCUT2D eigenvalue weighted by molar-refractivity contribution is 7.88. The van der Waals surface area contributed by atoms with Crippen LogP contribution in [0.15, 0.2) is 47.5 Å². The molecule has 1 fully saturated rings. The van der Waals surface area contributed by atoms with Gasteiger partial charge in [0.2, 0.25) is 10.0 Å². The largest absolute Gasteiger partial charge is 0.497 e. The Bertz CT molecular complexity index is 996. The molecule has 27 heavy (non-hydrogen) atoms. The first-order valence-electron chi connectivity index (χ1n) is 8.70. The number of piperazine rings is 1. The summed E-state index contributed by atoms with van der Waals surface area (Å²) in [4.78, 5) is 6.97. The van der Waals surface area contributed by atoms with Gasteiger partial charge in [-0.15, -0.1) is 0 Å². The molecule has 0 bridgehead atoms. The molecule has 0 aliphatic carbocycles. The first-order valence-corrected chi connectivity index (χ1v) is 10.5. The molecule has 0 aromatic heterocycles. The minimum absolute atomic E-state index is 0.436. The van der Waals surface area contributed by atoms with Gasteiger partial charge in [-0.3, -0.25) is 0 Å². The summed E-state index contributed by atoms with van der Waals surface area (Å²) in [5, 5.41) is 0. The maximum Gasteiger partial charge on any atom is 0.211 e. The predicted molar refractivity (Wildman–Crippen MR) is 104 cm³/mol. The first kappa shape index (κ1) is 17.8. The summed E-state index contributed by atoms with van der Waals surface area (Å²) < 4.78 is 36.5. The van der Waals surface area contributed by atoms with Gasteiger partial charge in [0.1, 0.15) is 23.0 Å². The van der Waals surface area contributed by atoms with E-state index in [2.05, 4.69) is 4.90 Å². The number of ether oxygens (including phenoxy) is 2. The maximum atomic E-state index is 11.8. The molecule has 2 aromatic carbocycles. The number of hydrogen-bond donors (Lipinski definition) is 0. The van der Waals surface area contributed by atoms with Crippen LogP contribution in [0, 0.1) is 0 Å². The molecular weight excluding hydrogens is 366 g/mol. The lowest BCUT2D eigenvalue weighted by Gasteiger charge is -2.35. The maximum absolute atomic E-state index is 11.8. The summed E-state index contributed by atoms with van der Waals surface area (Å²) in [6, 6.07) is 13.3. The lowest BCUT2D eigenvalue weighted by atomic mass is 10.1. The monoisotopic (exact) mass is 387 g/mol. The van der Waals surface area contributed by atoms with Crippen LogP contribution >= 0.6 is 0 Å². The molecule has 2 aromatic rings. The van der Waals surface area contributed by atoms with E-state index < -0.39 is 10.0 Å². The molecule has 1 saturated heterocycles. The number of fused-ring (bicyclic) bond motifs is 2. The molecule has 7 nitrogen and oxygen atoms in total. The molecule has 142 valence electrons. The molecule has 8 heteroatoms.